The highest BCUT2D eigenvalue weighted by molar-refractivity contribution is 7.80. The monoisotopic (exact) mass is 310 g/mol. The molecule has 1 aromatic heterocycles. The molecule has 0 aliphatic carbocycles. The van der Waals surface area contributed by atoms with E-state index in [0.717, 1.165) is 5.69 Å². The summed E-state index contributed by atoms with van der Waals surface area (Å²) >= 11 is 10.9. The van der Waals surface area contributed by atoms with Crippen LogP contribution in [0.1, 0.15) is 16.8 Å². The van der Waals surface area contributed by atoms with Gasteiger partial charge in [0, 0.05) is 10.7 Å². The van der Waals surface area contributed by atoms with Gasteiger partial charge in [-0.3, -0.25) is 4.79 Å². The van der Waals surface area contributed by atoms with Crippen LogP contribution in [-0.4, -0.2) is 9.56 Å². The number of thiocarbonyl (C=S) groups is 1. The predicted molar refractivity (Wildman–Crippen MR) is 81.8 cm³/mol. The van der Waals surface area contributed by atoms with Gasteiger partial charge in [-0.1, -0.05) is 23.8 Å². The molecule has 0 unspecified atom stereocenters. The molecule has 3 nitrogen and oxygen atoms in total. The number of rotatable bonds is 3. The first-order chi connectivity index (χ1) is 9.40. The van der Waals surface area contributed by atoms with Gasteiger partial charge in [-0.25, -0.2) is 4.39 Å². The van der Waals surface area contributed by atoms with E-state index in [2.05, 4.69) is 0 Å². The van der Waals surface area contributed by atoms with E-state index in [0.29, 0.717) is 10.6 Å². The first-order valence-corrected chi connectivity index (χ1v) is 6.63. The van der Waals surface area contributed by atoms with Crippen molar-refractivity contribution in [3.05, 3.63) is 68.3 Å². The Morgan fingerprint density at radius 1 is 1.40 bits per heavy atom. The molecule has 1 aromatic carbocycles. The van der Waals surface area contributed by atoms with Crippen molar-refractivity contribution in [1.82, 2.24) is 4.57 Å². The fraction of sp³-hybridized carbons (Fsp3) is 0.143. The Labute approximate surface area is 125 Å². The van der Waals surface area contributed by atoms with Gasteiger partial charge >= 0.3 is 0 Å². The van der Waals surface area contributed by atoms with Gasteiger partial charge in [0.25, 0.3) is 5.56 Å². The van der Waals surface area contributed by atoms with Crippen molar-refractivity contribution in [3.63, 3.8) is 0 Å². The number of aromatic nitrogens is 1. The lowest BCUT2D eigenvalue weighted by molar-refractivity contribution is 0.622. The zero-order valence-electron chi connectivity index (χ0n) is 10.7. The minimum absolute atomic E-state index is 0.0362. The molecule has 2 N–H and O–H groups in total. The van der Waals surface area contributed by atoms with E-state index in [1.165, 1.54) is 22.8 Å². The minimum Gasteiger partial charge on any atom is -0.389 e. The van der Waals surface area contributed by atoms with Gasteiger partial charge in [0.1, 0.15) is 10.8 Å². The van der Waals surface area contributed by atoms with Crippen LogP contribution in [0, 0.1) is 12.7 Å². The van der Waals surface area contributed by atoms with E-state index >= 15 is 0 Å². The van der Waals surface area contributed by atoms with Gasteiger partial charge in [-0.05, 0) is 42.8 Å². The van der Waals surface area contributed by atoms with Crippen LogP contribution in [0.15, 0.2) is 35.1 Å². The molecule has 2 rings (SSSR count). The van der Waals surface area contributed by atoms with E-state index < -0.39 is 5.82 Å². The molecule has 0 amide bonds. The van der Waals surface area contributed by atoms with Crippen molar-refractivity contribution in [2.75, 3.05) is 0 Å². The molecule has 0 spiro atoms. The van der Waals surface area contributed by atoms with Crippen LogP contribution in [0.25, 0.3) is 0 Å². The molecule has 0 saturated heterocycles. The van der Waals surface area contributed by atoms with Crippen LogP contribution in [0.5, 0.6) is 0 Å². The molecule has 0 fully saturated rings. The largest absolute Gasteiger partial charge is 0.389 e. The fourth-order valence-electron chi connectivity index (χ4n) is 1.89. The Kier molecular flexibility index (Phi) is 4.20. The molecule has 1 heterocycles. The molecule has 20 heavy (non-hydrogen) atoms. The van der Waals surface area contributed by atoms with E-state index in [4.69, 9.17) is 29.6 Å². The molecule has 0 radical (unpaired) electrons. The number of aryl methyl sites for hydroxylation is 1. The van der Waals surface area contributed by atoms with Gasteiger partial charge in [-0.15, -0.1) is 0 Å². The van der Waals surface area contributed by atoms with Crippen molar-refractivity contribution in [2.24, 2.45) is 5.73 Å². The minimum atomic E-state index is -0.402. The maximum Gasteiger partial charge on any atom is 0.261 e. The first kappa shape index (κ1) is 14.7. The maximum absolute atomic E-state index is 13.3. The van der Waals surface area contributed by atoms with Crippen LogP contribution >= 0.6 is 23.8 Å². The highest BCUT2D eigenvalue weighted by Gasteiger charge is 2.11. The molecule has 6 heteroatoms. The topological polar surface area (TPSA) is 48.0 Å². The van der Waals surface area contributed by atoms with Crippen molar-refractivity contribution < 1.29 is 4.39 Å². The summed E-state index contributed by atoms with van der Waals surface area (Å²) in [6.07, 6.45) is 0. The first-order valence-electron chi connectivity index (χ1n) is 5.84. The highest BCUT2D eigenvalue weighted by atomic mass is 35.5. The number of halogens is 2. The van der Waals surface area contributed by atoms with Gasteiger partial charge < -0.3 is 10.3 Å². The van der Waals surface area contributed by atoms with E-state index in [-0.39, 0.29) is 22.7 Å². The Balaban J connectivity index is 2.53. The molecular weight excluding hydrogens is 299 g/mol. The Hall–Kier alpha value is -1.72. The quantitative estimate of drug-likeness (QED) is 0.887. The lowest BCUT2D eigenvalue weighted by Gasteiger charge is -2.12. The van der Waals surface area contributed by atoms with Gasteiger partial charge in [0.15, 0.2) is 0 Å². The normalized spacial score (nSPS) is 10.6. The number of benzene rings is 1. The maximum atomic E-state index is 13.3. The van der Waals surface area contributed by atoms with Crippen molar-refractivity contribution in [3.8, 4) is 0 Å². The Bertz CT molecular complexity index is 742. The molecular formula is C14H12ClFN2OS. The summed E-state index contributed by atoms with van der Waals surface area (Å²) in [5.41, 5.74) is 6.71. The van der Waals surface area contributed by atoms with E-state index in [1.54, 1.807) is 19.1 Å². The average Bonchev–Trinajstić information content (AvgIpc) is 2.38. The summed E-state index contributed by atoms with van der Waals surface area (Å²) < 4.78 is 14.7. The summed E-state index contributed by atoms with van der Waals surface area (Å²) in [4.78, 5) is 12.3. The summed E-state index contributed by atoms with van der Waals surface area (Å²) in [6.45, 7) is 1.94. The number of pyridine rings is 1. The summed E-state index contributed by atoms with van der Waals surface area (Å²) in [7, 11) is 0. The third-order valence-corrected chi connectivity index (χ3v) is 3.58. The zero-order chi connectivity index (χ0) is 14.9. The van der Waals surface area contributed by atoms with Crippen LogP contribution in [0.2, 0.25) is 5.02 Å². The Morgan fingerprint density at radius 3 is 2.75 bits per heavy atom. The van der Waals surface area contributed by atoms with Gasteiger partial charge in [-0.2, -0.15) is 0 Å². The molecule has 104 valence electrons. The SMILES string of the molecule is Cc1ccc(C(N)=S)c(=O)n1Cc1cc(F)ccc1Cl. The molecule has 0 saturated carbocycles. The van der Waals surface area contributed by atoms with Crippen LogP contribution in [0.4, 0.5) is 4.39 Å². The summed E-state index contributed by atoms with van der Waals surface area (Å²) in [5.74, 6) is -0.402. The third-order valence-electron chi connectivity index (χ3n) is 2.99. The standard InChI is InChI=1S/C14H12ClFN2OS/c1-8-2-4-11(13(17)20)14(19)18(8)7-9-6-10(16)3-5-12(9)15/h2-6H,7H2,1H3,(H2,17,20). The predicted octanol–water partition coefficient (Wildman–Crippen LogP) is 2.63. The fourth-order valence-corrected chi connectivity index (χ4v) is 2.22. The zero-order valence-corrected chi connectivity index (χ0v) is 12.3. The second-order valence-corrected chi connectivity index (χ2v) is 5.23. The van der Waals surface area contributed by atoms with E-state index in [1.807, 2.05) is 0 Å². The number of nitrogens with two attached hydrogens (primary N) is 1. The average molecular weight is 311 g/mol. The van der Waals surface area contributed by atoms with E-state index in [9.17, 15) is 9.18 Å². The second-order valence-electron chi connectivity index (χ2n) is 4.38. The van der Waals surface area contributed by atoms with Crippen LogP contribution in [0.3, 0.4) is 0 Å². The lowest BCUT2D eigenvalue weighted by Crippen LogP contribution is -2.30. The van der Waals surface area contributed by atoms with Crippen LogP contribution < -0.4 is 11.3 Å². The molecule has 0 atom stereocenters. The molecule has 0 bridgehead atoms. The van der Waals surface area contributed by atoms with Gasteiger partial charge in [0.05, 0.1) is 12.1 Å². The highest BCUT2D eigenvalue weighted by Crippen LogP contribution is 2.18. The Morgan fingerprint density at radius 2 is 2.10 bits per heavy atom. The number of nitrogens with zero attached hydrogens (tertiary/aromatic N) is 1. The second kappa shape index (κ2) is 5.73. The number of hydrogen-bond acceptors (Lipinski definition) is 2. The molecule has 2 aromatic rings. The number of hydrogen-bond donors (Lipinski definition) is 1. The van der Waals surface area contributed by atoms with Crippen LogP contribution in [-0.2, 0) is 6.54 Å². The summed E-state index contributed by atoms with van der Waals surface area (Å²) in [6, 6.07) is 7.37. The molecule has 0 aliphatic rings. The van der Waals surface area contributed by atoms with Crippen molar-refractivity contribution in [1.29, 1.82) is 0 Å². The summed E-state index contributed by atoms with van der Waals surface area (Å²) in [5, 5.41) is 0.401. The smallest absolute Gasteiger partial charge is 0.261 e. The van der Waals surface area contributed by atoms with Crippen molar-refractivity contribution >= 4 is 28.8 Å². The lowest BCUT2D eigenvalue weighted by atomic mass is 10.2. The third kappa shape index (κ3) is 2.89. The molecule has 0 aliphatic heterocycles. The van der Waals surface area contributed by atoms with Gasteiger partial charge in [0.2, 0.25) is 0 Å². The van der Waals surface area contributed by atoms with Crippen molar-refractivity contribution in [2.45, 2.75) is 13.5 Å².